The van der Waals surface area contributed by atoms with Crippen LogP contribution in [0, 0.1) is 0 Å². The lowest BCUT2D eigenvalue weighted by molar-refractivity contribution is -0.121. The molecule has 3 aromatic carbocycles. The zero-order valence-electron chi connectivity index (χ0n) is 16.8. The molecule has 0 fully saturated rings. The Morgan fingerprint density at radius 3 is 2.00 bits per heavy atom. The van der Waals surface area contributed by atoms with Crippen molar-refractivity contribution in [1.82, 2.24) is 5.32 Å². The predicted octanol–water partition coefficient (Wildman–Crippen LogP) is 3.54. The van der Waals surface area contributed by atoms with E-state index in [1.807, 2.05) is 54.6 Å². The molecule has 0 aromatic heterocycles. The Bertz CT molecular complexity index is 1080. The van der Waals surface area contributed by atoms with Crippen LogP contribution >= 0.6 is 0 Å². The number of nitrogens with one attached hydrogen (secondary N) is 1. The molecule has 0 aliphatic rings. The number of benzene rings is 3. The van der Waals surface area contributed by atoms with E-state index in [9.17, 15) is 18.3 Å². The van der Waals surface area contributed by atoms with E-state index >= 15 is 0 Å². The molecule has 1 amide bonds. The molecule has 0 spiro atoms. The molecule has 156 valence electrons. The van der Waals surface area contributed by atoms with Gasteiger partial charge in [0.25, 0.3) is 0 Å². The molecule has 0 radical (unpaired) electrons. The molecular weight excluding hydrogens is 398 g/mol. The average molecular weight is 424 g/mol. The molecule has 1 atom stereocenters. The largest absolute Gasteiger partial charge is 0.384 e. The van der Waals surface area contributed by atoms with Gasteiger partial charge in [-0.05, 0) is 35.7 Å². The fourth-order valence-corrected chi connectivity index (χ4v) is 4.35. The summed E-state index contributed by atoms with van der Waals surface area (Å²) in [6.07, 6.45) is -0.166. The summed E-state index contributed by atoms with van der Waals surface area (Å²) in [5, 5.41) is 13.4. The van der Waals surface area contributed by atoms with Gasteiger partial charge in [-0.25, -0.2) is 8.42 Å². The Labute approximate surface area is 177 Å². The zero-order chi connectivity index (χ0) is 21.6. The summed E-state index contributed by atoms with van der Waals surface area (Å²) in [5.74, 6) is -0.702. The highest BCUT2D eigenvalue weighted by Crippen LogP contribution is 2.24. The third-order valence-electron chi connectivity index (χ3n) is 4.94. The number of hydrogen-bond donors (Lipinski definition) is 2. The monoisotopic (exact) mass is 423 g/mol. The van der Waals surface area contributed by atoms with Crippen LogP contribution in [0.2, 0.25) is 0 Å². The van der Waals surface area contributed by atoms with E-state index in [-0.39, 0.29) is 23.6 Å². The van der Waals surface area contributed by atoms with Crippen molar-refractivity contribution in [3.63, 3.8) is 0 Å². The van der Waals surface area contributed by atoms with Crippen LogP contribution in [0.5, 0.6) is 0 Å². The molecule has 0 aliphatic carbocycles. The molecule has 3 rings (SSSR count). The molecule has 0 saturated heterocycles. The maximum atomic E-state index is 12.3. The standard InChI is InChI=1S/C24H25NO4S/c1-24(27,21-14-12-20(13-15-21)19-8-4-2-5-9-19)18-25-23(26)16-17-30(28,29)22-10-6-3-7-11-22/h2-15,27H,16-18H2,1H3,(H,25,26)/t24-/m1/s1. The van der Waals surface area contributed by atoms with E-state index in [1.54, 1.807) is 25.1 Å². The van der Waals surface area contributed by atoms with Gasteiger partial charge >= 0.3 is 0 Å². The fourth-order valence-electron chi connectivity index (χ4n) is 3.09. The van der Waals surface area contributed by atoms with Crippen LogP contribution in [0.15, 0.2) is 89.8 Å². The Morgan fingerprint density at radius 1 is 0.867 bits per heavy atom. The number of amides is 1. The molecule has 30 heavy (non-hydrogen) atoms. The molecular formula is C24H25NO4S. The van der Waals surface area contributed by atoms with Crippen LogP contribution in [0.3, 0.4) is 0 Å². The van der Waals surface area contributed by atoms with Crippen molar-refractivity contribution in [2.24, 2.45) is 0 Å². The Morgan fingerprint density at radius 2 is 1.40 bits per heavy atom. The number of aliphatic hydroxyl groups is 1. The van der Waals surface area contributed by atoms with E-state index in [0.717, 1.165) is 11.1 Å². The van der Waals surface area contributed by atoms with Gasteiger partial charge in [0.1, 0.15) is 5.60 Å². The van der Waals surface area contributed by atoms with Crippen LogP contribution in [-0.4, -0.2) is 31.7 Å². The average Bonchev–Trinajstić information content (AvgIpc) is 2.78. The summed E-state index contributed by atoms with van der Waals surface area (Å²) < 4.78 is 24.6. The minimum Gasteiger partial charge on any atom is -0.384 e. The lowest BCUT2D eigenvalue weighted by atomic mass is 9.93. The fraction of sp³-hybridized carbons (Fsp3) is 0.208. The van der Waals surface area contributed by atoms with Crippen LogP contribution in [0.25, 0.3) is 11.1 Å². The molecule has 0 bridgehead atoms. The molecule has 0 aliphatic heterocycles. The van der Waals surface area contributed by atoms with Crippen molar-refractivity contribution in [1.29, 1.82) is 0 Å². The first-order chi connectivity index (χ1) is 14.3. The van der Waals surface area contributed by atoms with Crippen molar-refractivity contribution in [3.05, 3.63) is 90.5 Å². The second kappa shape index (κ2) is 9.24. The van der Waals surface area contributed by atoms with Crippen molar-refractivity contribution in [2.45, 2.75) is 23.8 Å². The maximum absolute atomic E-state index is 12.3. The summed E-state index contributed by atoms with van der Waals surface area (Å²) in [4.78, 5) is 12.3. The van der Waals surface area contributed by atoms with E-state index in [1.165, 1.54) is 12.1 Å². The summed E-state index contributed by atoms with van der Waals surface area (Å²) >= 11 is 0. The van der Waals surface area contributed by atoms with Gasteiger partial charge in [-0.15, -0.1) is 0 Å². The highest BCUT2D eigenvalue weighted by Gasteiger charge is 2.24. The molecule has 5 nitrogen and oxygen atoms in total. The minimum atomic E-state index is -3.52. The highest BCUT2D eigenvalue weighted by molar-refractivity contribution is 7.91. The van der Waals surface area contributed by atoms with Gasteiger partial charge in [-0.2, -0.15) is 0 Å². The van der Waals surface area contributed by atoms with Crippen LogP contribution in [0.1, 0.15) is 18.9 Å². The van der Waals surface area contributed by atoms with Gasteiger partial charge in [-0.3, -0.25) is 4.79 Å². The number of carbonyl (C=O) groups is 1. The van der Waals surface area contributed by atoms with Crippen LogP contribution in [0.4, 0.5) is 0 Å². The van der Waals surface area contributed by atoms with Gasteiger partial charge in [0, 0.05) is 6.42 Å². The number of hydrogen-bond acceptors (Lipinski definition) is 4. The topological polar surface area (TPSA) is 83.5 Å². The lowest BCUT2D eigenvalue weighted by Gasteiger charge is -2.24. The number of sulfone groups is 1. The summed E-state index contributed by atoms with van der Waals surface area (Å²) in [6, 6.07) is 25.5. The van der Waals surface area contributed by atoms with E-state index in [4.69, 9.17) is 0 Å². The Kier molecular flexibility index (Phi) is 6.70. The van der Waals surface area contributed by atoms with Gasteiger partial charge in [0.15, 0.2) is 9.84 Å². The number of carbonyl (C=O) groups excluding carboxylic acids is 1. The minimum absolute atomic E-state index is 0.0120. The van der Waals surface area contributed by atoms with E-state index in [0.29, 0.717) is 5.56 Å². The predicted molar refractivity (Wildman–Crippen MR) is 118 cm³/mol. The first-order valence-corrected chi connectivity index (χ1v) is 11.4. The Hall–Kier alpha value is -2.96. The molecule has 0 heterocycles. The molecule has 2 N–H and O–H groups in total. The first kappa shape index (κ1) is 21.7. The van der Waals surface area contributed by atoms with Crippen molar-refractivity contribution >= 4 is 15.7 Å². The van der Waals surface area contributed by atoms with Crippen molar-refractivity contribution in [2.75, 3.05) is 12.3 Å². The number of rotatable bonds is 8. The van der Waals surface area contributed by atoms with E-state index < -0.39 is 21.3 Å². The van der Waals surface area contributed by atoms with Gasteiger partial charge in [0.2, 0.25) is 5.91 Å². The summed E-state index contributed by atoms with van der Waals surface area (Å²) in [5.41, 5.74) is 1.50. The SMILES string of the molecule is C[C@@](O)(CNC(=O)CCS(=O)(=O)c1ccccc1)c1ccc(-c2ccccc2)cc1. The second-order valence-electron chi connectivity index (χ2n) is 7.38. The van der Waals surface area contributed by atoms with Crippen LogP contribution in [-0.2, 0) is 20.2 Å². The second-order valence-corrected chi connectivity index (χ2v) is 9.49. The molecule has 0 saturated carbocycles. The first-order valence-electron chi connectivity index (χ1n) is 9.71. The van der Waals surface area contributed by atoms with Crippen molar-refractivity contribution in [3.8, 4) is 11.1 Å². The highest BCUT2D eigenvalue weighted by atomic mass is 32.2. The molecule has 6 heteroatoms. The van der Waals surface area contributed by atoms with Gasteiger partial charge in [-0.1, -0.05) is 72.8 Å². The summed E-state index contributed by atoms with van der Waals surface area (Å²) in [6.45, 7) is 1.60. The van der Waals surface area contributed by atoms with Gasteiger partial charge in [0.05, 0.1) is 17.2 Å². The zero-order valence-corrected chi connectivity index (χ0v) is 17.6. The normalized spacial score (nSPS) is 13.4. The smallest absolute Gasteiger partial charge is 0.221 e. The summed E-state index contributed by atoms with van der Waals surface area (Å²) in [7, 11) is -3.52. The van der Waals surface area contributed by atoms with Gasteiger partial charge < -0.3 is 10.4 Å². The Balaban J connectivity index is 1.56. The third-order valence-corrected chi connectivity index (χ3v) is 6.68. The van der Waals surface area contributed by atoms with E-state index in [2.05, 4.69) is 5.32 Å². The quantitative estimate of drug-likeness (QED) is 0.580. The molecule has 3 aromatic rings. The third kappa shape index (κ3) is 5.55. The van der Waals surface area contributed by atoms with Crippen molar-refractivity contribution < 1.29 is 18.3 Å². The molecule has 0 unspecified atom stereocenters. The van der Waals surface area contributed by atoms with Crippen LogP contribution < -0.4 is 5.32 Å². The lowest BCUT2D eigenvalue weighted by Crippen LogP contribution is -2.39. The maximum Gasteiger partial charge on any atom is 0.221 e.